The highest BCUT2D eigenvalue weighted by Gasteiger charge is 2.21. The molecule has 25 heavy (non-hydrogen) atoms. The summed E-state index contributed by atoms with van der Waals surface area (Å²) in [5, 5.41) is 2.82. The molecule has 0 radical (unpaired) electrons. The van der Waals surface area contributed by atoms with Crippen molar-refractivity contribution in [2.24, 2.45) is 0 Å². The number of pyridine rings is 1. The number of anilines is 2. The van der Waals surface area contributed by atoms with Gasteiger partial charge in [-0.05, 0) is 49.2 Å². The van der Waals surface area contributed by atoms with Crippen molar-refractivity contribution < 1.29 is 9.59 Å². The molecular formula is C19H22N4O2. The van der Waals surface area contributed by atoms with Crippen LogP contribution in [0.25, 0.3) is 0 Å². The lowest BCUT2D eigenvalue weighted by Gasteiger charge is -2.15. The number of rotatable bonds is 4. The van der Waals surface area contributed by atoms with Gasteiger partial charge in [-0.2, -0.15) is 0 Å². The molecule has 130 valence electrons. The van der Waals surface area contributed by atoms with Crippen molar-refractivity contribution >= 4 is 23.2 Å². The molecule has 0 atom stereocenters. The Morgan fingerprint density at radius 3 is 2.28 bits per heavy atom. The first-order chi connectivity index (χ1) is 12.0. The maximum absolute atomic E-state index is 12.4. The van der Waals surface area contributed by atoms with Crippen LogP contribution in [-0.2, 0) is 0 Å². The van der Waals surface area contributed by atoms with Crippen molar-refractivity contribution in [2.75, 3.05) is 37.4 Å². The van der Waals surface area contributed by atoms with Crippen molar-refractivity contribution in [1.29, 1.82) is 0 Å². The summed E-state index contributed by atoms with van der Waals surface area (Å²) in [5.41, 5.74) is 2.29. The molecule has 0 saturated carbocycles. The van der Waals surface area contributed by atoms with E-state index in [0.717, 1.165) is 31.6 Å². The second kappa shape index (κ2) is 7.34. The third-order valence-electron chi connectivity index (χ3n) is 4.24. The van der Waals surface area contributed by atoms with Crippen LogP contribution in [0, 0.1) is 0 Å². The lowest BCUT2D eigenvalue weighted by Crippen LogP contribution is -2.29. The number of benzene rings is 1. The molecule has 1 aliphatic heterocycles. The molecule has 0 unspecified atom stereocenters. The zero-order valence-corrected chi connectivity index (χ0v) is 14.5. The fourth-order valence-corrected chi connectivity index (χ4v) is 2.80. The van der Waals surface area contributed by atoms with E-state index in [2.05, 4.69) is 10.3 Å². The van der Waals surface area contributed by atoms with E-state index >= 15 is 0 Å². The van der Waals surface area contributed by atoms with E-state index in [1.165, 1.54) is 0 Å². The number of likely N-dealkylation sites (tertiary alicyclic amines) is 1. The van der Waals surface area contributed by atoms with Crippen LogP contribution in [0.4, 0.5) is 11.4 Å². The highest BCUT2D eigenvalue weighted by molar-refractivity contribution is 6.04. The van der Waals surface area contributed by atoms with Gasteiger partial charge in [-0.3, -0.25) is 9.59 Å². The molecule has 2 heterocycles. The minimum Gasteiger partial charge on any atom is -0.378 e. The summed E-state index contributed by atoms with van der Waals surface area (Å²) >= 11 is 0. The smallest absolute Gasteiger partial charge is 0.274 e. The van der Waals surface area contributed by atoms with E-state index in [4.69, 9.17) is 0 Å². The average Bonchev–Trinajstić information content (AvgIpc) is 3.16. The van der Waals surface area contributed by atoms with Gasteiger partial charge in [0.2, 0.25) is 0 Å². The monoisotopic (exact) mass is 338 g/mol. The number of amides is 2. The molecule has 2 amide bonds. The summed E-state index contributed by atoms with van der Waals surface area (Å²) in [6.45, 7) is 1.52. The summed E-state index contributed by atoms with van der Waals surface area (Å²) in [6, 6.07) is 12.5. The Kier molecular flexibility index (Phi) is 4.97. The summed E-state index contributed by atoms with van der Waals surface area (Å²) in [4.78, 5) is 32.8. The minimum atomic E-state index is -0.325. The van der Waals surface area contributed by atoms with E-state index < -0.39 is 0 Å². The largest absolute Gasteiger partial charge is 0.378 e. The van der Waals surface area contributed by atoms with Crippen LogP contribution < -0.4 is 10.2 Å². The van der Waals surface area contributed by atoms with Gasteiger partial charge in [0, 0.05) is 38.6 Å². The summed E-state index contributed by atoms with van der Waals surface area (Å²) < 4.78 is 0. The Bertz CT molecular complexity index is 765. The van der Waals surface area contributed by atoms with Crippen molar-refractivity contribution in [3.05, 3.63) is 53.9 Å². The molecule has 0 aliphatic carbocycles. The van der Waals surface area contributed by atoms with Crippen molar-refractivity contribution in [2.45, 2.75) is 12.8 Å². The van der Waals surface area contributed by atoms with Gasteiger partial charge in [-0.25, -0.2) is 4.98 Å². The number of hydrogen-bond donors (Lipinski definition) is 1. The second-order valence-electron chi connectivity index (χ2n) is 6.30. The van der Waals surface area contributed by atoms with Gasteiger partial charge in [0.1, 0.15) is 11.4 Å². The Hall–Kier alpha value is -2.89. The standard InChI is InChI=1S/C19H22N4O2/c1-22(2)15-10-8-14(9-11-15)20-18(24)16-6-5-7-17(21-16)19(25)23-12-3-4-13-23/h5-11H,3-4,12-13H2,1-2H3,(H,20,24). The zero-order valence-electron chi connectivity index (χ0n) is 14.5. The maximum atomic E-state index is 12.4. The van der Waals surface area contributed by atoms with E-state index in [1.54, 1.807) is 23.1 Å². The molecule has 2 aromatic rings. The van der Waals surface area contributed by atoms with Gasteiger partial charge < -0.3 is 15.1 Å². The van der Waals surface area contributed by atoms with Crippen molar-refractivity contribution in [3.63, 3.8) is 0 Å². The third-order valence-corrected chi connectivity index (χ3v) is 4.24. The number of hydrogen-bond acceptors (Lipinski definition) is 4. The first kappa shape index (κ1) is 17.0. The molecule has 6 heteroatoms. The zero-order chi connectivity index (χ0) is 17.8. The van der Waals surface area contributed by atoms with Crippen LogP contribution >= 0.6 is 0 Å². The second-order valence-corrected chi connectivity index (χ2v) is 6.30. The van der Waals surface area contributed by atoms with Crippen molar-refractivity contribution in [1.82, 2.24) is 9.88 Å². The SMILES string of the molecule is CN(C)c1ccc(NC(=O)c2cccc(C(=O)N3CCCC3)n2)cc1. The molecule has 1 aromatic heterocycles. The summed E-state index contributed by atoms with van der Waals surface area (Å²) in [6.07, 6.45) is 2.05. The minimum absolute atomic E-state index is 0.109. The van der Waals surface area contributed by atoms with E-state index in [-0.39, 0.29) is 17.5 Å². The molecular weight excluding hydrogens is 316 g/mol. The quantitative estimate of drug-likeness (QED) is 0.931. The van der Waals surface area contributed by atoms with Gasteiger partial charge in [0.15, 0.2) is 0 Å². The Labute approximate surface area is 147 Å². The van der Waals surface area contributed by atoms with Crippen LogP contribution in [0.15, 0.2) is 42.5 Å². The molecule has 0 spiro atoms. The number of aromatic nitrogens is 1. The van der Waals surface area contributed by atoms with E-state index in [9.17, 15) is 9.59 Å². The molecule has 1 aliphatic rings. The average molecular weight is 338 g/mol. The Morgan fingerprint density at radius 1 is 1.00 bits per heavy atom. The van der Waals surface area contributed by atoms with Gasteiger partial charge in [0.05, 0.1) is 0 Å². The number of nitrogens with one attached hydrogen (secondary N) is 1. The van der Waals surface area contributed by atoms with Crippen LogP contribution in [-0.4, -0.2) is 48.9 Å². The Balaban J connectivity index is 1.71. The highest BCUT2D eigenvalue weighted by atomic mass is 16.2. The summed E-state index contributed by atoms with van der Waals surface area (Å²) in [7, 11) is 3.92. The molecule has 1 saturated heterocycles. The van der Waals surface area contributed by atoms with Gasteiger partial charge in [-0.15, -0.1) is 0 Å². The number of carbonyl (C=O) groups is 2. The molecule has 1 fully saturated rings. The predicted octanol–water partition coefficient (Wildman–Crippen LogP) is 2.64. The molecule has 6 nitrogen and oxygen atoms in total. The fraction of sp³-hybridized carbons (Fsp3) is 0.316. The summed E-state index contributed by atoms with van der Waals surface area (Å²) in [5.74, 6) is -0.434. The Morgan fingerprint density at radius 2 is 1.64 bits per heavy atom. The molecule has 1 aromatic carbocycles. The van der Waals surface area contributed by atoms with Gasteiger partial charge in [0.25, 0.3) is 11.8 Å². The third kappa shape index (κ3) is 3.96. The van der Waals surface area contributed by atoms with E-state index in [0.29, 0.717) is 11.4 Å². The lowest BCUT2D eigenvalue weighted by atomic mass is 10.2. The van der Waals surface area contributed by atoms with Crippen LogP contribution in [0.5, 0.6) is 0 Å². The molecule has 1 N–H and O–H groups in total. The van der Waals surface area contributed by atoms with Crippen LogP contribution in [0.1, 0.15) is 33.8 Å². The normalized spacial score (nSPS) is 13.6. The first-order valence-electron chi connectivity index (χ1n) is 8.39. The van der Waals surface area contributed by atoms with Gasteiger partial charge >= 0.3 is 0 Å². The van der Waals surface area contributed by atoms with Gasteiger partial charge in [-0.1, -0.05) is 6.07 Å². The van der Waals surface area contributed by atoms with Crippen LogP contribution in [0.3, 0.4) is 0 Å². The fourth-order valence-electron chi connectivity index (χ4n) is 2.80. The predicted molar refractivity (Wildman–Crippen MR) is 98.1 cm³/mol. The lowest BCUT2D eigenvalue weighted by molar-refractivity contribution is 0.0787. The number of carbonyl (C=O) groups excluding carboxylic acids is 2. The van der Waals surface area contributed by atoms with E-state index in [1.807, 2.05) is 43.3 Å². The maximum Gasteiger partial charge on any atom is 0.274 e. The molecule has 0 bridgehead atoms. The molecule has 3 rings (SSSR count). The topological polar surface area (TPSA) is 65.5 Å². The number of nitrogens with zero attached hydrogens (tertiary/aromatic N) is 3. The first-order valence-corrected chi connectivity index (χ1v) is 8.39. The highest BCUT2D eigenvalue weighted by Crippen LogP contribution is 2.17. The van der Waals surface area contributed by atoms with Crippen molar-refractivity contribution in [3.8, 4) is 0 Å². The van der Waals surface area contributed by atoms with Crippen LogP contribution in [0.2, 0.25) is 0 Å².